The van der Waals surface area contributed by atoms with E-state index in [1.165, 1.54) is 31.3 Å². The second kappa shape index (κ2) is 9.49. The van der Waals surface area contributed by atoms with E-state index in [9.17, 15) is 23.1 Å². The molecule has 0 spiro atoms. The molecule has 3 rings (SSSR count). The Labute approximate surface area is 186 Å². The van der Waals surface area contributed by atoms with Crippen LogP contribution in [0.3, 0.4) is 0 Å². The molecule has 0 bridgehead atoms. The van der Waals surface area contributed by atoms with Crippen molar-refractivity contribution in [2.24, 2.45) is 0 Å². The summed E-state index contributed by atoms with van der Waals surface area (Å²) in [5.41, 5.74) is 1.27. The average molecular weight is 470 g/mol. The number of phenols is 1. The minimum absolute atomic E-state index is 0.0223. The highest BCUT2D eigenvalue weighted by Gasteiger charge is 2.16. The Kier molecular flexibility index (Phi) is 6.97. The number of nitrogens with one attached hydrogen (secondary N) is 1. The summed E-state index contributed by atoms with van der Waals surface area (Å²) in [7, 11) is 1.48. The van der Waals surface area contributed by atoms with Crippen LogP contribution in [0.1, 0.15) is 11.1 Å². The molecule has 0 aliphatic rings. The molecule has 0 heterocycles. The number of likely N-dealkylation sites (N-methyl/N-ethyl adjacent to an activating group) is 1. The summed E-state index contributed by atoms with van der Waals surface area (Å²) in [6.45, 7) is -0.200. The van der Waals surface area contributed by atoms with Crippen LogP contribution in [-0.4, -0.2) is 24.7 Å². The van der Waals surface area contributed by atoms with Crippen LogP contribution >= 0.6 is 23.2 Å². The standard InChI is InChI=1S/C22H16Cl2F3NO3/c1-28-21(30)10-31-13-8-16(23)15(17(24)9-13)5-11-2-3-20(29)14(4-11)12-6-18(25)22(27)19(26)7-12/h2-4,6-9,29H,5,10H2,1H3,(H,28,30). The van der Waals surface area contributed by atoms with E-state index in [2.05, 4.69) is 5.32 Å². The number of ether oxygens (including phenoxy) is 1. The summed E-state index contributed by atoms with van der Waals surface area (Å²) in [6, 6.07) is 9.08. The average Bonchev–Trinajstić information content (AvgIpc) is 2.73. The molecule has 0 saturated heterocycles. The van der Waals surface area contributed by atoms with Crippen LogP contribution < -0.4 is 10.1 Å². The molecule has 0 fully saturated rings. The van der Waals surface area contributed by atoms with Crippen molar-refractivity contribution in [1.29, 1.82) is 0 Å². The number of phenolic OH excluding ortho intramolecular Hbond substituents is 1. The largest absolute Gasteiger partial charge is 0.507 e. The molecule has 0 aromatic heterocycles. The molecule has 0 unspecified atom stereocenters. The Hall–Kier alpha value is -2.90. The van der Waals surface area contributed by atoms with E-state index >= 15 is 0 Å². The third kappa shape index (κ3) is 5.24. The first-order chi connectivity index (χ1) is 14.7. The first kappa shape index (κ1) is 22.8. The van der Waals surface area contributed by atoms with E-state index < -0.39 is 17.5 Å². The highest BCUT2D eigenvalue weighted by Crippen LogP contribution is 2.35. The van der Waals surface area contributed by atoms with Crippen molar-refractivity contribution < 1.29 is 27.8 Å². The van der Waals surface area contributed by atoms with Crippen molar-refractivity contribution in [2.75, 3.05) is 13.7 Å². The third-order valence-electron chi connectivity index (χ3n) is 4.50. The van der Waals surface area contributed by atoms with Gasteiger partial charge in [0.2, 0.25) is 0 Å². The molecule has 1 amide bonds. The number of rotatable bonds is 6. The van der Waals surface area contributed by atoms with Gasteiger partial charge in [0.05, 0.1) is 0 Å². The second-order valence-corrected chi connectivity index (χ2v) is 7.42. The maximum atomic E-state index is 13.6. The predicted octanol–water partition coefficient (Wildman–Crippen LogP) is 5.50. The van der Waals surface area contributed by atoms with Gasteiger partial charge < -0.3 is 15.2 Å². The fourth-order valence-corrected chi connectivity index (χ4v) is 3.49. The van der Waals surface area contributed by atoms with Gasteiger partial charge in [0, 0.05) is 29.1 Å². The lowest BCUT2D eigenvalue weighted by molar-refractivity contribution is -0.122. The second-order valence-electron chi connectivity index (χ2n) is 6.61. The maximum absolute atomic E-state index is 13.6. The number of amides is 1. The summed E-state index contributed by atoms with van der Waals surface area (Å²) < 4.78 is 45.8. The zero-order valence-electron chi connectivity index (χ0n) is 16.1. The lowest BCUT2D eigenvalue weighted by Crippen LogP contribution is -2.24. The summed E-state index contributed by atoms with van der Waals surface area (Å²) in [5, 5.41) is 13.1. The maximum Gasteiger partial charge on any atom is 0.257 e. The Morgan fingerprint density at radius 1 is 1.03 bits per heavy atom. The molecule has 0 aliphatic heterocycles. The molecule has 4 nitrogen and oxygen atoms in total. The number of benzene rings is 3. The Morgan fingerprint density at radius 2 is 1.65 bits per heavy atom. The summed E-state index contributed by atoms with van der Waals surface area (Å²) in [5.74, 6) is -4.55. The molecule has 31 heavy (non-hydrogen) atoms. The van der Waals surface area contributed by atoms with Crippen molar-refractivity contribution >= 4 is 29.1 Å². The SMILES string of the molecule is CNC(=O)COc1cc(Cl)c(Cc2ccc(O)c(-c3cc(F)c(F)c(F)c3)c2)c(Cl)c1. The first-order valence-electron chi connectivity index (χ1n) is 8.97. The molecular formula is C22H16Cl2F3NO3. The zero-order valence-corrected chi connectivity index (χ0v) is 17.6. The summed E-state index contributed by atoms with van der Waals surface area (Å²) >= 11 is 12.7. The van der Waals surface area contributed by atoms with Crippen LogP contribution in [0.2, 0.25) is 10.0 Å². The monoisotopic (exact) mass is 469 g/mol. The Morgan fingerprint density at radius 3 is 2.23 bits per heavy atom. The van der Waals surface area contributed by atoms with Crippen molar-refractivity contribution in [2.45, 2.75) is 6.42 Å². The van der Waals surface area contributed by atoms with Gasteiger partial charge in [-0.3, -0.25) is 4.79 Å². The van der Waals surface area contributed by atoms with Crippen LogP contribution in [0.15, 0.2) is 42.5 Å². The van der Waals surface area contributed by atoms with Crippen LogP contribution in [0.25, 0.3) is 11.1 Å². The van der Waals surface area contributed by atoms with E-state index in [1.807, 2.05) is 0 Å². The van der Waals surface area contributed by atoms with Crippen molar-refractivity contribution in [1.82, 2.24) is 5.32 Å². The van der Waals surface area contributed by atoms with Crippen LogP contribution in [0.4, 0.5) is 13.2 Å². The van der Waals surface area contributed by atoms with Gasteiger partial charge >= 0.3 is 0 Å². The lowest BCUT2D eigenvalue weighted by Gasteiger charge is -2.13. The van der Waals surface area contributed by atoms with E-state index in [4.69, 9.17) is 27.9 Å². The van der Waals surface area contributed by atoms with Gasteiger partial charge in [-0.15, -0.1) is 0 Å². The molecule has 0 aliphatic carbocycles. The molecule has 0 atom stereocenters. The van der Waals surface area contributed by atoms with E-state index in [0.29, 0.717) is 16.9 Å². The zero-order chi connectivity index (χ0) is 22.7. The Balaban J connectivity index is 1.90. The number of carbonyl (C=O) groups is 1. The number of hydrogen-bond acceptors (Lipinski definition) is 3. The smallest absolute Gasteiger partial charge is 0.257 e. The molecule has 9 heteroatoms. The Bertz CT molecular complexity index is 1110. The van der Waals surface area contributed by atoms with Crippen molar-refractivity contribution in [3.63, 3.8) is 0 Å². The van der Waals surface area contributed by atoms with Crippen molar-refractivity contribution in [3.05, 3.63) is 81.1 Å². The number of carbonyl (C=O) groups excluding carboxylic acids is 1. The number of halogens is 5. The topological polar surface area (TPSA) is 58.6 Å². The molecule has 3 aromatic carbocycles. The summed E-state index contributed by atoms with van der Waals surface area (Å²) in [6.07, 6.45) is 0.229. The van der Waals surface area contributed by atoms with Gasteiger partial charge in [0.25, 0.3) is 5.91 Å². The van der Waals surface area contributed by atoms with Gasteiger partial charge in [0.15, 0.2) is 24.1 Å². The predicted molar refractivity (Wildman–Crippen MR) is 112 cm³/mol. The van der Waals surface area contributed by atoms with Crippen molar-refractivity contribution in [3.8, 4) is 22.6 Å². The van der Waals surface area contributed by atoms with E-state index in [0.717, 1.165) is 12.1 Å². The lowest BCUT2D eigenvalue weighted by atomic mass is 9.98. The minimum atomic E-state index is -1.59. The molecule has 0 radical (unpaired) electrons. The van der Waals surface area contributed by atoms with E-state index in [-0.39, 0.29) is 45.9 Å². The quantitative estimate of drug-likeness (QED) is 0.468. The van der Waals surface area contributed by atoms with Gasteiger partial charge in [0.1, 0.15) is 11.5 Å². The molecule has 3 aromatic rings. The molecule has 162 valence electrons. The number of hydrogen-bond donors (Lipinski definition) is 2. The molecule has 2 N–H and O–H groups in total. The molecular weight excluding hydrogens is 454 g/mol. The highest BCUT2D eigenvalue weighted by molar-refractivity contribution is 6.36. The number of aromatic hydroxyl groups is 1. The van der Waals surface area contributed by atoms with Crippen LogP contribution in [0.5, 0.6) is 11.5 Å². The van der Waals surface area contributed by atoms with Gasteiger partial charge in [-0.25, -0.2) is 13.2 Å². The highest BCUT2D eigenvalue weighted by atomic mass is 35.5. The van der Waals surface area contributed by atoms with Crippen LogP contribution in [0, 0.1) is 17.5 Å². The van der Waals surface area contributed by atoms with Crippen LogP contribution in [-0.2, 0) is 11.2 Å². The minimum Gasteiger partial charge on any atom is -0.507 e. The van der Waals surface area contributed by atoms with Gasteiger partial charge in [-0.05, 0) is 53.1 Å². The fourth-order valence-electron chi connectivity index (χ4n) is 2.89. The van der Waals surface area contributed by atoms with Gasteiger partial charge in [-0.1, -0.05) is 29.3 Å². The molecule has 0 saturated carbocycles. The van der Waals surface area contributed by atoms with Gasteiger partial charge in [-0.2, -0.15) is 0 Å². The summed E-state index contributed by atoms with van der Waals surface area (Å²) in [4.78, 5) is 11.3. The fraction of sp³-hybridized carbons (Fsp3) is 0.136. The third-order valence-corrected chi connectivity index (χ3v) is 5.17. The normalized spacial score (nSPS) is 10.8. The van der Waals surface area contributed by atoms with E-state index in [1.54, 1.807) is 6.07 Å². The first-order valence-corrected chi connectivity index (χ1v) is 9.73.